The molecular weight excluding hydrogens is 310 g/mol. The number of halogens is 1. The van der Waals surface area contributed by atoms with E-state index in [9.17, 15) is 5.11 Å². The van der Waals surface area contributed by atoms with Gasteiger partial charge in [0, 0.05) is 11.6 Å². The molecule has 1 aliphatic heterocycles. The van der Waals surface area contributed by atoms with Crippen LogP contribution in [-0.4, -0.2) is 42.4 Å². The molecule has 4 heteroatoms. The summed E-state index contributed by atoms with van der Waals surface area (Å²) < 4.78 is 5.69. The molecule has 1 N–H and O–H groups in total. The van der Waals surface area contributed by atoms with E-state index in [1.54, 1.807) is 0 Å². The molecule has 0 radical (unpaired) electrons. The second-order valence-corrected chi connectivity index (χ2v) is 6.44. The van der Waals surface area contributed by atoms with Gasteiger partial charge in [0.1, 0.15) is 18.5 Å². The van der Waals surface area contributed by atoms with Crippen molar-refractivity contribution in [2.45, 2.75) is 18.9 Å². The normalized spacial score (nSPS) is 16.4. The molecule has 1 atom stereocenters. The van der Waals surface area contributed by atoms with Crippen LogP contribution in [0.25, 0.3) is 11.1 Å². The molecular formula is C19H22ClNO2. The van der Waals surface area contributed by atoms with E-state index in [0.717, 1.165) is 35.0 Å². The van der Waals surface area contributed by atoms with Gasteiger partial charge in [-0.15, -0.1) is 0 Å². The van der Waals surface area contributed by atoms with E-state index in [1.807, 2.05) is 48.5 Å². The molecule has 0 spiro atoms. The van der Waals surface area contributed by atoms with Crippen LogP contribution in [0.4, 0.5) is 0 Å². The Labute approximate surface area is 142 Å². The first-order chi connectivity index (χ1) is 11.2. The Morgan fingerprint density at radius 1 is 0.957 bits per heavy atom. The Morgan fingerprint density at radius 2 is 1.52 bits per heavy atom. The first-order valence-electron chi connectivity index (χ1n) is 8.10. The SMILES string of the molecule is OC(COc1ccc(-c2ccc(Cl)cc2)cc1)CN1CCCC1. The highest BCUT2D eigenvalue weighted by Gasteiger charge is 2.16. The molecule has 0 saturated carbocycles. The molecule has 1 fully saturated rings. The third kappa shape index (κ3) is 4.71. The van der Waals surface area contributed by atoms with Crippen LogP contribution in [0.5, 0.6) is 5.75 Å². The molecule has 122 valence electrons. The average Bonchev–Trinajstić information content (AvgIpc) is 3.07. The Balaban J connectivity index is 1.51. The van der Waals surface area contributed by atoms with Crippen LogP contribution >= 0.6 is 11.6 Å². The maximum atomic E-state index is 10.1. The largest absolute Gasteiger partial charge is 0.491 e. The second-order valence-electron chi connectivity index (χ2n) is 6.00. The van der Waals surface area contributed by atoms with Crippen LogP contribution in [0.2, 0.25) is 5.02 Å². The molecule has 3 rings (SSSR count). The number of likely N-dealkylation sites (tertiary alicyclic amines) is 1. The van der Waals surface area contributed by atoms with E-state index in [2.05, 4.69) is 4.90 Å². The Bertz CT molecular complexity index is 606. The van der Waals surface area contributed by atoms with Gasteiger partial charge in [-0.2, -0.15) is 0 Å². The van der Waals surface area contributed by atoms with E-state index < -0.39 is 6.10 Å². The zero-order valence-electron chi connectivity index (χ0n) is 13.1. The zero-order chi connectivity index (χ0) is 16.1. The highest BCUT2D eigenvalue weighted by Crippen LogP contribution is 2.24. The van der Waals surface area contributed by atoms with Gasteiger partial charge in [-0.05, 0) is 61.3 Å². The molecule has 1 aliphatic rings. The summed E-state index contributed by atoms with van der Waals surface area (Å²) >= 11 is 5.91. The molecule has 1 heterocycles. The minimum absolute atomic E-state index is 0.330. The number of benzene rings is 2. The van der Waals surface area contributed by atoms with Crippen LogP contribution in [0, 0.1) is 0 Å². The maximum absolute atomic E-state index is 10.1. The summed E-state index contributed by atoms with van der Waals surface area (Å²) in [5.74, 6) is 0.781. The monoisotopic (exact) mass is 331 g/mol. The first-order valence-corrected chi connectivity index (χ1v) is 8.48. The number of β-amino-alcohol motifs (C(OH)–C–C–N with tert-alkyl or cyclic N) is 1. The van der Waals surface area contributed by atoms with E-state index in [4.69, 9.17) is 16.3 Å². The summed E-state index contributed by atoms with van der Waals surface area (Å²) in [6, 6.07) is 15.7. The van der Waals surface area contributed by atoms with E-state index >= 15 is 0 Å². The lowest BCUT2D eigenvalue weighted by Crippen LogP contribution is -2.33. The third-order valence-electron chi connectivity index (χ3n) is 4.14. The molecule has 0 bridgehead atoms. The van der Waals surface area contributed by atoms with Gasteiger partial charge in [0.15, 0.2) is 0 Å². The predicted molar refractivity (Wildman–Crippen MR) is 94.1 cm³/mol. The minimum Gasteiger partial charge on any atom is -0.491 e. The van der Waals surface area contributed by atoms with Gasteiger partial charge >= 0.3 is 0 Å². The molecule has 1 unspecified atom stereocenters. The molecule has 2 aromatic rings. The number of hydrogen-bond donors (Lipinski definition) is 1. The van der Waals surface area contributed by atoms with Crippen molar-refractivity contribution in [2.24, 2.45) is 0 Å². The summed E-state index contributed by atoms with van der Waals surface area (Å²) in [6.45, 7) is 3.21. The number of rotatable bonds is 6. The Morgan fingerprint density at radius 3 is 2.13 bits per heavy atom. The smallest absolute Gasteiger partial charge is 0.119 e. The van der Waals surface area contributed by atoms with Crippen molar-refractivity contribution in [3.63, 3.8) is 0 Å². The van der Waals surface area contributed by atoms with Gasteiger partial charge in [-0.3, -0.25) is 0 Å². The van der Waals surface area contributed by atoms with Crippen molar-refractivity contribution in [1.82, 2.24) is 4.90 Å². The van der Waals surface area contributed by atoms with Crippen molar-refractivity contribution in [2.75, 3.05) is 26.2 Å². The van der Waals surface area contributed by atoms with Crippen molar-refractivity contribution >= 4 is 11.6 Å². The van der Waals surface area contributed by atoms with E-state index in [1.165, 1.54) is 12.8 Å². The lowest BCUT2D eigenvalue weighted by atomic mass is 10.1. The predicted octanol–water partition coefficient (Wildman–Crippen LogP) is 3.84. The maximum Gasteiger partial charge on any atom is 0.119 e. The molecule has 2 aromatic carbocycles. The summed E-state index contributed by atoms with van der Waals surface area (Å²) in [5, 5.41) is 10.8. The highest BCUT2D eigenvalue weighted by molar-refractivity contribution is 6.30. The first kappa shape index (κ1) is 16.3. The summed E-state index contributed by atoms with van der Waals surface area (Å²) in [5.41, 5.74) is 2.24. The summed E-state index contributed by atoms with van der Waals surface area (Å²) in [7, 11) is 0. The third-order valence-corrected chi connectivity index (χ3v) is 4.39. The van der Waals surface area contributed by atoms with Gasteiger partial charge in [0.2, 0.25) is 0 Å². The van der Waals surface area contributed by atoms with Crippen molar-refractivity contribution < 1.29 is 9.84 Å². The van der Waals surface area contributed by atoms with Gasteiger partial charge in [-0.25, -0.2) is 0 Å². The standard InChI is InChI=1S/C19H22ClNO2/c20-17-7-3-15(4-8-17)16-5-9-19(10-6-16)23-14-18(22)13-21-11-1-2-12-21/h3-10,18,22H,1-2,11-14H2. The molecule has 1 saturated heterocycles. The summed E-state index contributed by atoms with van der Waals surface area (Å²) in [6.07, 6.45) is 2.03. The quantitative estimate of drug-likeness (QED) is 0.873. The number of nitrogens with zero attached hydrogens (tertiary/aromatic N) is 1. The molecule has 23 heavy (non-hydrogen) atoms. The van der Waals surface area contributed by atoms with Crippen LogP contribution < -0.4 is 4.74 Å². The zero-order valence-corrected chi connectivity index (χ0v) is 13.9. The van der Waals surface area contributed by atoms with Gasteiger partial charge in [-0.1, -0.05) is 35.9 Å². The summed E-state index contributed by atoms with van der Waals surface area (Å²) in [4.78, 5) is 2.29. The highest BCUT2D eigenvalue weighted by atomic mass is 35.5. The van der Waals surface area contributed by atoms with Crippen molar-refractivity contribution in [1.29, 1.82) is 0 Å². The van der Waals surface area contributed by atoms with Gasteiger partial charge in [0.05, 0.1) is 0 Å². The van der Waals surface area contributed by atoms with Crippen LogP contribution in [0.3, 0.4) is 0 Å². The van der Waals surface area contributed by atoms with Crippen molar-refractivity contribution in [3.8, 4) is 16.9 Å². The van der Waals surface area contributed by atoms with E-state index in [-0.39, 0.29) is 0 Å². The fourth-order valence-electron chi connectivity index (χ4n) is 2.89. The fraction of sp³-hybridized carbons (Fsp3) is 0.368. The van der Waals surface area contributed by atoms with Gasteiger partial charge < -0.3 is 14.7 Å². The van der Waals surface area contributed by atoms with Crippen molar-refractivity contribution in [3.05, 3.63) is 53.6 Å². The Hall–Kier alpha value is -1.55. The minimum atomic E-state index is -0.441. The lowest BCUT2D eigenvalue weighted by molar-refractivity contribution is 0.0758. The molecule has 0 amide bonds. The lowest BCUT2D eigenvalue weighted by Gasteiger charge is -2.19. The topological polar surface area (TPSA) is 32.7 Å². The number of hydrogen-bond acceptors (Lipinski definition) is 3. The van der Waals surface area contributed by atoms with Crippen LogP contribution in [0.15, 0.2) is 48.5 Å². The second kappa shape index (κ2) is 7.82. The molecule has 0 aliphatic carbocycles. The Kier molecular flexibility index (Phi) is 5.55. The number of aliphatic hydroxyl groups is 1. The van der Waals surface area contributed by atoms with Crippen LogP contribution in [-0.2, 0) is 0 Å². The number of aliphatic hydroxyl groups excluding tert-OH is 1. The molecule has 3 nitrogen and oxygen atoms in total. The average molecular weight is 332 g/mol. The number of ether oxygens (including phenoxy) is 1. The van der Waals surface area contributed by atoms with Crippen LogP contribution in [0.1, 0.15) is 12.8 Å². The fourth-order valence-corrected chi connectivity index (χ4v) is 3.02. The van der Waals surface area contributed by atoms with E-state index in [0.29, 0.717) is 13.2 Å². The van der Waals surface area contributed by atoms with Gasteiger partial charge in [0.25, 0.3) is 0 Å². The molecule has 0 aromatic heterocycles.